The standard InChI is InChI=1S/C9H9ClO2S/c1-5-6(9(11)12)3-4-7(10)8(5)13-2/h3-4H,1-2H3,(H,11,12). The smallest absolute Gasteiger partial charge is 0.335 e. The van der Waals surface area contributed by atoms with Crippen molar-refractivity contribution in [3.63, 3.8) is 0 Å². The first-order valence-corrected chi connectivity index (χ1v) is 5.24. The van der Waals surface area contributed by atoms with Crippen LogP contribution >= 0.6 is 23.4 Å². The van der Waals surface area contributed by atoms with Gasteiger partial charge in [0.15, 0.2) is 0 Å². The van der Waals surface area contributed by atoms with Gasteiger partial charge in [0, 0.05) is 4.90 Å². The molecule has 0 saturated carbocycles. The summed E-state index contributed by atoms with van der Waals surface area (Å²) in [5, 5.41) is 9.43. The van der Waals surface area contributed by atoms with Crippen molar-refractivity contribution in [1.29, 1.82) is 0 Å². The second kappa shape index (κ2) is 4.03. The van der Waals surface area contributed by atoms with E-state index in [0.29, 0.717) is 10.6 Å². The summed E-state index contributed by atoms with van der Waals surface area (Å²) in [6.07, 6.45) is 1.87. The van der Waals surface area contributed by atoms with Crippen LogP contribution in [0.25, 0.3) is 0 Å². The van der Waals surface area contributed by atoms with E-state index in [9.17, 15) is 4.79 Å². The molecule has 0 amide bonds. The van der Waals surface area contributed by atoms with Crippen molar-refractivity contribution in [2.24, 2.45) is 0 Å². The summed E-state index contributed by atoms with van der Waals surface area (Å²) in [7, 11) is 0. The molecule has 1 rings (SSSR count). The molecule has 0 aliphatic heterocycles. The molecule has 1 aromatic carbocycles. The van der Waals surface area contributed by atoms with E-state index in [1.807, 2.05) is 6.26 Å². The highest BCUT2D eigenvalue weighted by Crippen LogP contribution is 2.30. The number of hydrogen-bond acceptors (Lipinski definition) is 2. The van der Waals surface area contributed by atoms with Gasteiger partial charge in [-0.1, -0.05) is 11.6 Å². The zero-order valence-electron chi connectivity index (χ0n) is 7.30. The topological polar surface area (TPSA) is 37.3 Å². The summed E-state index contributed by atoms with van der Waals surface area (Å²) in [5.74, 6) is -0.913. The van der Waals surface area contributed by atoms with Crippen molar-refractivity contribution in [3.8, 4) is 0 Å². The Labute approximate surface area is 85.9 Å². The number of benzene rings is 1. The maximum Gasteiger partial charge on any atom is 0.335 e. The fourth-order valence-corrected chi connectivity index (χ4v) is 2.26. The van der Waals surface area contributed by atoms with Gasteiger partial charge in [0.2, 0.25) is 0 Å². The van der Waals surface area contributed by atoms with Gasteiger partial charge >= 0.3 is 5.97 Å². The minimum absolute atomic E-state index is 0.314. The molecule has 0 saturated heterocycles. The van der Waals surface area contributed by atoms with Crippen molar-refractivity contribution in [3.05, 3.63) is 28.3 Å². The molecule has 0 unspecified atom stereocenters. The van der Waals surface area contributed by atoms with Crippen molar-refractivity contribution >= 4 is 29.3 Å². The van der Waals surface area contributed by atoms with Crippen LogP contribution in [0.2, 0.25) is 5.02 Å². The molecule has 0 atom stereocenters. The number of aromatic carboxylic acids is 1. The maximum atomic E-state index is 10.7. The number of carbonyl (C=O) groups is 1. The van der Waals surface area contributed by atoms with Crippen LogP contribution in [0.1, 0.15) is 15.9 Å². The van der Waals surface area contributed by atoms with Gasteiger partial charge in [-0.15, -0.1) is 11.8 Å². The Bertz CT molecular complexity index is 350. The van der Waals surface area contributed by atoms with Gasteiger partial charge in [0.05, 0.1) is 10.6 Å². The third-order valence-corrected chi connectivity index (χ3v) is 3.15. The first-order chi connectivity index (χ1) is 6.07. The Balaban J connectivity index is 3.35. The molecule has 1 N–H and O–H groups in total. The molecule has 4 heteroatoms. The van der Waals surface area contributed by atoms with Crippen molar-refractivity contribution in [1.82, 2.24) is 0 Å². The lowest BCUT2D eigenvalue weighted by Gasteiger charge is -2.07. The largest absolute Gasteiger partial charge is 0.478 e. The molecule has 0 spiro atoms. The third-order valence-electron chi connectivity index (χ3n) is 1.79. The van der Waals surface area contributed by atoms with Crippen molar-refractivity contribution in [2.45, 2.75) is 11.8 Å². The average molecular weight is 217 g/mol. The summed E-state index contributed by atoms with van der Waals surface area (Å²) in [6.45, 7) is 1.77. The molecular weight excluding hydrogens is 208 g/mol. The van der Waals surface area contributed by atoms with Crippen LogP contribution in [-0.2, 0) is 0 Å². The first-order valence-electron chi connectivity index (χ1n) is 3.64. The molecule has 0 aliphatic carbocycles. The van der Waals surface area contributed by atoms with E-state index in [1.54, 1.807) is 13.0 Å². The molecule has 70 valence electrons. The van der Waals surface area contributed by atoms with Crippen LogP contribution in [0.5, 0.6) is 0 Å². The van der Waals surface area contributed by atoms with Gasteiger partial charge in [-0.2, -0.15) is 0 Å². The Morgan fingerprint density at radius 1 is 1.54 bits per heavy atom. The van der Waals surface area contributed by atoms with Crippen molar-refractivity contribution < 1.29 is 9.90 Å². The van der Waals surface area contributed by atoms with Gasteiger partial charge in [-0.3, -0.25) is 0 Å². The predicted molar refractivity (Wildman–Crippen MR) is 54.9 cm³/mol. The normalized spacial score (nSPS) is 10.1. The number of hydrogen-bond donors (Lipinski definition) is 1. The zero-order chi connectivity index (χ0) is 10.0. The summed E-state index contributed by atoms with van der Waals surface area (Å²) >= 11 is 7.35. The molecule has 0 aromatic heterocycles. The van der Waals surface area contributed by atoms with Crippen molar-refractivity contribution in [2.75, 3.05) is 6.26 Å². The molecule has 0 bridgehead atoms. The lowest BCUT2D eigenvalue weighted by atomic mass is 10.1. The monoisotopic (exact) mass is 216 g/mol. The van der Waals surface area contributed by atoms with Gasteiger partial charge in [0.1, 0.15) is 0 Å². The molecule has 2 nitrogen and oxygen atoms in total. The fourth-order valence-electron chi connectivity index (χ4n) is 1.14. The van der Waals surface area contributed by atoms with Crippen LogP contribution in [0.4, 0.5) is 0 Å². The Kier molecular flexibility index (Phi) is 3.22. The Morgan fingerprint density at radius 2 is 2.15 bits per heavy atom. The number of thioether (sulfide) groups is 1. The quantitative estimate of drug-likeness (QED) is 0.772. The van der Waals surface area contributed by atoms with E-state index in [4.69, 9.17) is 16.7 Å². The van der Waals surface area contributed by atoms with E-state index >= 15 is 0 Å². The summed E-state index contributed by atoms with van der Waals surface area (Å²) in [5.41, 5.74) is 1.04. The lowest BCUT2D eigenvalue weighted by Crippen LogP contribution is -2.00. The number of carboxylic acids is 1. The van der Waals surface area contributed by atoms with Crippen LogP contribution in [0.15, 0.2) is 17.0 Å². The number of rotatable bonds is 2. The summed E-state index contributed by atoms with van der Waals surface area (Å²) < 4.78 is 0. The Morgan fingerprint density at radius 3 is 2.62 bits per heavy atom. The molecule has 1 aromatic rings. The zero-order valence-corrected chi connectivity index (χ0v) is 8.87. The second-order valence-electron chi connectivity index (χ2n) is 2.56. The van der Waals surface area contributed by atoms with Crippen LogP contribution in [0, 0.1) is 6.92 Å². The molecule has 0 radical (unpaired) electrons. The van der Waals surface area contributed by atoms with Gasteiger partial charge in [-0.05, 0) is 30.9 Å². The van der Waals surface area contributed by atoms with E-state index < -0.39 is 5.97 Å². The first kappa shape index (κ1) is 10.4. The van der Waals surface area contributed by atoms with Crippen LogP contribution < -0.4 is 0 Å². The summed E-state index contributed by atoms with van der Waals surface area (Å²) in [4.78, 5) is 11.6. The number of halogens is 1. The van der Waals surface area contributed by atoms with E-state index in [0.717, 1.165) is 10.5 Å². The molecule has 0 aliphatic rings. The summed E-state index contributed by atoms with van der Waals surface area (Å²) in [6, 6.07) is 3.14. The molecule has 0 heterocycles. The Hall–Kier alpha value is -0.670. The molecule has 13 heavy (non-hydrogen) atoms. The van der Waals surface area contributed by atoms with E-state index in [1.165, 1.54) is 17.8 Å². The van der Waals surface area contributed by atoms with Gasteiger partial charge in [0.25, 0.3) is 0 Å². The van der Waals surface area contributed by atoms with Crippen LogP contribution in [0.3, 0.4) is 0 Å². The highest BCUT2D eigenvalue weighted by molar-refractivity contribution is 7.98. The fraction of sp³-hybridized carbons (Fsp3) is 0.222. The lowest BCUT2D eigenvalue weighted by molar-refractivity contribution is 0.0696. The average Bonchev–Trinajstić information content (AvgIpc) is 2.04. The maximum absolute atomic E-state index is 10.7. The van der Waals surface area contributed by atoms with Gasteiger partial charge < -0.3 is 5.11 Å². The third kappa shape index (κ3) is 1.98. The van der Waals surface area contributed by atoms with E-state index in [2.05, 4.69) is 0 Å². The SMILES string of the molecule is CSc1c(Cl)ccc(C(=O)O)c1C. The highest BCUT2D eigenvalue weighted by atomic mass is 35.5. The van der Waals surface area contributed by atoms with Gasteiger partial charge in [-0.25, -0.2) is 4.79 Å². The highest BCUT2D eigenvalue weighted by Gasteiger charge is 2.12. The van der Waals surface area contributed by atoms with Crippen LogP contribution in [-0.4, -0.2) is 17.3 Å². The minimum Gasteiger partial charge on any atom is -0.478 e. The molecular formula is C9H9ClO2S. The van der Waals surface area contributed by atoms with E-state index in [-0.39, 0.29) is 0 Å². The minimum atomic E-state index is -0.913. The molecule has 0 fully saturated rings. The predicted octanol–water partition coefficient (Wildman–Crippen LogP) is 3.07. The second-order valence-corrected chi connectivity index (χ2v) is 3.78. The number of carboxylic acid groups (broad SMARTS) is 1.